The van der Waals surface area contributed by atoms with Crippen LogP contribution in [0.3, 0.4) is 0 Å². The van der Waals surface area contributed by atoms with Crippen molar-refractivity contribution in [1.82, 2.24) is 0 Å². The van der Waals surface area contributed by atoms with Crippen LogP contribution >= 0.6 is 11.3 Å². The van der Waals surface area contributed by atoms with Gasteiger partial charge in [-0.15, -0.1) is 11.3 Å². The number of hydrogen-bond acceptors (Lipinski definition) is 2. The summed E-state index contributed by atoms with van der Waals surface area (Å²) in [6, 6.07) is 76.0. The molecule has 1 heterocycles. The molecule has 3 aliphatic carbocycles. The highest BCUT2D eigenvalue weighted by atomic mass is 32.1. The minimum Gasteiger partial charge on any atom is -0.310 e. The molecule has 0 fully saturated rings. The van der Waals surface area contributed by atoms with Crippen molar-refractivity contribution in [2.24, 2.45) is 0 Å². The SMILES string of the molecule is CC1(C)CCC(C)(C)c2cc(-c3cccc(-c4cccc(N(c5ccc6c(c5)-c5ccccc5C65c6ccccc6-c6ccccc65)c5ccc6sc7ccccc7c6c5)c4)c3)ccc21. The molecule has 0 atom stereocenters. The molecule has 3 aliphatic rings. The molecule has 0 amide bonds. The van der Waals surface area contributed by atoms with Gasteiger partial charge in [0.2, 0.25) is 0 Å². The Balaban J connectivity index is 0.980. The average Bonchev–Trinajstić information content (AvgIpc) is 3.97. The lowest BCUT2D eigenvalue weighted by atomic mass is 9.63. The quantitative estimate of drug-likeness (QED) is 0.167. The summed E-state index contributed by atoms with van der Waals surface area (Å²) < 4.78 is 2.62. The molecule has 1 spiro atoms. The van der Waals surface area contributed by atoms with Crippen molar-refractivity contribution in [1.29, 1.82) is 0 Å². The van der Waals surface area contributed by atoms with Gasteiger partial charge in [0.25, 0.3) is 0 Å². The van der Waals surface area contributed by atoms with Gasteiger partial charge < -0.3 is 4.90 Å². The number of nitrogens with zero attached hydrogens (tertiary/aromatic N) is 1. The van der Waals surface area contributed by atoms with Crippen LogP contribution in [0.5, 0.6) is 0 Å². The van der Waals surface area contributed by atoms with Gasteiger partial charge in [-0.2, -0.15) is 0 Å². The van der Waals surface area contributed by atoms with Crippen LogP contribution in [0.25, 0.3) is 64.7 Å². The molecule has 1 aromatic heterocycles. The lowest BCUT2D eigenvalue weighted by Crippen LogP contribution is -2.33. The molecule has 0 saturated heterocycles. The summed E-state index contributed by atoms with van der Waals surface area (Å²) in [7, 11) is 0. The highest BCUT2D eigenvalue weighted by molar-refractivity contribution is 7.25. The molecule has 0 bridgehead atoms. The number of thiophene rings is 1. The second-order valence-electron chi connectivity index (χ2n) is 19.9. The van der Waals surface area contributed by atoms with Crippen LogP contribution in [0.4, 0.5) is 17.1 Å². The first-order valence-corrected chi connectivity index (χ1v) is 24.0. The van der Waals surface area contributed by atoms with Crippen molar-refractivity contribution in [3.63, 3.8) is 0 Å². The Bertz CT molecular complexity index is 3540. The van der Waals surface area contributed by atoms with Gasteiger partial charge in [0, 0.05) is 37.2 Å². The van der Waals surface area contributed by atoms with Gasteiger partial charge in [0.15, 0.2) is 0 Å². The summed E-state index contributed by atoms with van der Waals surface area (Å²) in [6.07, 6.45) is 2.42. The van der Waals surface area contributed by atoms with E-state index in [-0.39, 0.29) is 16.2 Å². The lowest BCUT2D eigenvalue weighted by Gasteiger charge is -2.42. The van der Waals surface area contributed by atoms with E-state index in [1.54, 1.807) is 0 Å². The molecule has 13 rings (SSSR count). The van der Waals surface area contributed by atoms with E-state index in [2.05, 4.69) is 233 Å². The van der Waals surface area contributed by atoms with Gasteiger partial charge in [0.1, 0.15) is 0 Å². The van der Waals surface area contributed by atoms with Crippen LogP contribution in [-0.2, 0) is 16.2 Å². The van der Waals surface area contributed by atoms with Gasteiger partial charge in [-0.1, -0.05) is 173 Å². The molecule has 312 valence electrons. The zero-order valence-corrected chi connectivity index (χ0v) is 38.1. The fourth-order valence-electron chi connectivity index (χ4n) is 12.0. The molecular formula is C63H49NS. The number of rotatable bonds is 5. The first-order chi connectivity index (χ1) is 31.7. The van der Waals surface area contributed by atoms with E-state index in [0.29, 0.717) is 0 Å². The Hall–Kier alpha value is -7.00. The predicted molar refractivity (Wildman–Crippen MR) is 276 cm³/mol. The third kappa shape index (κ3) is 5.63. The van der Waals surface area contributed by atoms with E-state index in [1.807, 2.05) is 11.3 Å². The topological polar surface area (TPSA) is 3.24 Å². The molecule has 2 heteroatoms. The number of hydrogen-bond donors (Lipinski definition) is 0. The van der Waals surface area contributed by atoms with Gasteiger partial charge in [-0.05, 0) is 156 Å². The second kappa shape index (κ2) is 14.0. The second-order valence-corrected chi connectivity index (χ2v) is 21.0. The maximum Gasteiger partial charge on any atom is 0.0725 e. The van der Waals surface area contributed by atoms with E-state index in [4.69, 9.17) is 0 Å². The van der Waals surface area contributed by atoms with Crippen LogP contribution < -0.4 is 4.90 Å². The molecule has 65 heavy (non-hydrogen) atoms. The first kappa shape index (κ1) is 38.5. The minimum atomic E-state index is -0.383. The lowest BCUT2D eigenvalue weighted by molar-refractivity contribution is 0.332. The summed E-state index contributed by atoms with van der Waals surface area (Å²) in [5.74, 6) is 0. The number of fused-ring (bicyclic) bond motifs is 14. The predicted octanol–water partition coefficient (Wildman–Crippen LogP) is 17.6. The summed E-state index contributed by atoms with van der Waals surface area (Å²) >= 11 is 1.87. The maximum atomic E-state index is 2.48. The molecule has 0 radical (unpaired) electrons. The van der Waals surface area contributed by atoms with Crippen LogP contribution in [-0.4, -0.2) is 0 Å². The zero-order chi connectivity index (χ0) is 43.7. The average molecular weight is 852 g/mol. The highest BCUT2D eigenvalue weighted by Gasteiger charge is 2.51. The van der Waals surface area contributed by atoms with Gasteiger partial charge >= 0.3 is 0 Å². The summed E-state index contributed by atoms with van der Waals surface area (Å²) in [6.45, 7) is 9.65. The fourth-order valence-corrected chi connectivity index (χ4v) is 13.1. The molecule has 10 aromatic rings. The molecule has 1 nitrogen and oxygen atoms in total. The standard InChI is InChI=1S/C63H49NS/c1-61(2)33-34-62(3,4)58-37-43(27-30-57(58)61)41-16-13-15-40(35-41)42-17-14-18-44(36-42)64(46-29-32-60-52(39-46)50-22-8-12-26-59(50)65-60)45-28-31-56-51(38-45)49-21-7-11-25-55(49)63(56)53-23-9-5-19-47(53)48-20-6-10-24-54(48)63/h5-32,35-39H,33-34H2,1-4H3. The molecule has 0 aliphatic heterocycles. The fraction of sp³-hybridized carbons (Fsp3) is 0.143. The third-order valence-corrected chi connectivity index (χ3v) is 16.5. The van der Waals surface area contributed by atoms with E-state index in [0.717, 1.165) is 17.1 Å². The van der Waals surface area contributed by atoms with Crippen molar-refractivity contribution in [3.05, 3.63) is 234 Å². The molecular weight excluding hydrogens is 803 g/mol. The minimum absolute atomic E-state index is 0.154. The molecule has 0 unspecified atom stereocenters. The number of benzene rings is 9. The van der Waals surface area contributed by atoms with Gasteiger partial charge in [0.05, 0.1) is 5.41 Å². The van der Waals surface area contributed by atoms with Crippen molar-refractivity contribution in [2.75, 3.05) is 4.90 Å². The van der Waals surface area contributed by atoms with E-state index < -0.39 is 0 Å². The van der Waals surface area contributed by atoms with Crippen LogP contribution in [0.2, 0.25) is 0 Å². The molecule has 0 N–H and O–H groups in total. The van der Waals surface area contributed by atoms with E-state index in [9.17, 15) is 0 Å². The first-order valence-electron chi connectivity index (χ1n) is 23.2. The summed E-state index contributed by atoms with van der Waals surface area (Å²) in [5, 5.41) is 2.59. The van der Waals surface area contributed by atoms with Crippen LogP contribution in [0.1, 0.15) is 73.9 Å². The van der Waals surface area contributed by atoms with Crippen molar-refractivity contribution >= 4 is 48.6 Å². The Morgan fingerprint density at radius 2 is 0.831 bits per heavy atom. The highest BCUT2D eigenvalue weighted by Crippen LogP contribution is 2.63. The van der Waals surface area contributed by atoms with Gasteiger partial charge in [-0.25, -0.2) is 0 Å². The van der Waals surface area contributed by atoms with Crippen molar-refractivity contribution in [2.45, 2.75) is 56.8 Å². The molecule has 9 aromatic carbocycles. The Labute approximate surface area is 386 Å². The normalized spacial score (nSPS) is 15.6. The van der Waals surface area contributed by atoms with E-state index in [1.165, 1.54) is 111 Å². The number of anilines is 3. The summed E-state index contributed by atoms with van der Waals surface area (Å²) in [5.41, 5.74) is 22.0. The monoisotopic (exact) mass is 851 g/mol. The van der Waals surface area contributed by atoms with Crippen LogP contribution in [0, 0.1) is 0 Å². The Morgan fingerprint density at radius 3 is 1.54 bits per heavy atom. The smallest absolute Gasteiger partial charge is 0.0725 e. The van der Waals surface area contributed by atoms with Crippen molar-refractivity contribution in [3.8, 4) is 44.5 Å². The Kier molecular flexibility index (Phi) is 8.28. The third-order valence-electron chi connectivity index (χ3n) is 15.3. The van der Waals surface area contributed by atoms with Gasteiger partial charge in [-0.3, -0.25) is 0 Å². The van der Waals surface area contributed by atoms with Crippen molar-refractivity contribution < 1.29 is 0 Å². The van der Waals surface area contributed by atoms with E-state index >= 15 is 0 Å². The van der Waals surface area contributed by atoms with Crippen LogP contribution in [0.15, 0.2) is 200 Å². The zero-order valence-electron chi connectivity index (χ0n) is 37.3. The molecule has 0 saturated carbocycles. The summed E-state index contributed by atoms with van der Waals surface area (Å²) in [4.78, 5) is 2.48. The Morgan fingerprint density at radius 1 is 0.338 bits per heavy atom. The maximum absolute atomic E-state index is 2.48. The largest absolute Gasteiger partial charge is 0.310 e.